The molecule has 0 atom stereocenters. The molecule has 0 radical (unpaired) electrons. The largest absolute Gasteiger partial charge is 1.00 e. The number of hydrogen-bond donors (Lipinski definition) is 0. The second kappa shape index (κ2) is 17.5. The summed E-state index contributed by atoms with van der Waals surface area (Å²) in [6, 6.07) is 0. The SMILES string of the molecule is O.[CH-]1CCCCC1.[CH-]1CCCCC1.[Li+].[Li+]. The van der Waals surface area contributed by atoms with Crippen LogP contribution in [-0.2, 0) is 0 Å². The van der Waals surface area contributed by atoms with Crippen LogP contribution in [0.1, 0.15) is 64.2 Å². The molecule has 0 aromatic rings. The molecule has 0 spiro atoms. The standard InChI is InChI=1S/2C6H11.2Li.H2O/c2*1-2-4-6-5-3-1;;;/h2*1H,2-6H2;;;1H2/q2*-1;2*+1;. The maximum atomic E-state index is 2.39. The fourth-order valence-corrected chi connectivity index (χ4v) is 1.80. The summed E-state index contributed by atoms with van der Waals surface area (Å²) in [6.07, 6.45) is 19.0. The van der Waals surface area contributed by atoms with Crippen LogP contribution in [0.4, 0.5) is 0 Å². The van der Waals surface area contributed by atoms with E-state index in [0.717, 1.165) is 0 Å². The van der Waals surface area contributed by atoms with Crippen molar-refractivity contribution in [2.24, 2.45) is 0 Å². The molecule has 1 nitrogen and oxygen atoms in total. The minimum Gasteiger partial charge on any atom is -0.412 e. The van der Waals surface area contributed by atoms with E-state index < -0.39 is 0 Å². The molecule has 0 aromatic heterocycles. The van der Waals surface area contributed by atoms with Crippen LogP contribution in [0.2, 0.25) is 0 Å². The van der Waals surface area contributed by atoms with Gasteiger partial charge in [-0.2, -0.15) is 25.7 Å². The molecule has 15 heavy (non-hydrogen) atoms. The zero-order valence-electron chi connectivity index (χ0n) is 10.7. The van der Waals surface area contributed by atoms with Crippen molar-refractivity contribution in [1.29, 1.82) is 0 Å². The van der Waals surface area contributed by atoms with E-state index in [1.165, 1.54) is 64.2 Å². The van der Waals surface area contributed by atoms with Crippen LogP contribution in [-0.4, -0.2) is 5.48 Å². The molecule has 0 amide bonds. The Morgan fingerprint density at radius 1 is 0.467 bits per heavy atom. The van der Waals surface area contributed by atoms with Crippen molar-refractivity contribution in [3.8, 4) is 0 Å². The Bertz CT molecular complexity index is 56.6. The van der Waals surface area contributed by atoms with E-state index in [2.05, 4.69) is 12.8 Å². The summed E-state index contributed by atoms with van der Waals surface area (Å²) < 4.78 is 0. The Labute approximate surface area is 120 Å². The first kappa shape index (κ1) is 21.4. The van der Waals surface area contributed by atoms with Crippen LogP contribution < -0.4 is 37.7 Å². The molecule has 2 aliphatic rings. The second-order valence-electron chi connectivity index (χ2n) is 3.85. The first-order valence-corrected chi connectivity index (χ1v) is 5.63. The average molecular weight is 198 g/mol. The van der Waals surface area contributed by atoms with Gasteiger partial charge in [0.15, 0.2) is 0 Å². The topological polar surface area (TPSA) is 31.5 Å². The molecule has 2 N–H and O–H groups in total. The average Bonchev–Trinajstić information content (AvgIpc) is 2.24. The van der Waals surface area contributed by atoms with Crippen molar-refractivity contribution in [2.45, 2.75) is 64.2 Å². The third kappa shape index (κ3) is 15.2. The Morgan fingerprint density at radius 3 is 0.800 bits per heavy atom. The summed E-state index contributed by atoms with van der Waals surface area (Å²) in [7, 11) is 0. The van der Waals surface area contributed by atoms with Gasteiger partial charge in [0.1, 0.15) is 0 Å². The zero-order valence-corrected chi connectivity index (χ0v) is 10.7. The van der Waals surface area contributed by atoms with Gasteiger partial charge in [0, 0.05) is 0 Å². The van der Waals surface area contributed by atoms with Crippen molar-refractivity contribution < 1.29 is 43.2 Å². The molecule has 2 rings (SSSR count). The molecule has 0 saturated heterocycles. The molecule has 0 heterocycles. The van der Waals surface area contributed by atoms with Crippen molar-refractivity contribution in [2.75, 3.05) is 0 Å². The van der Waals surface area contributed by atoms with E-state index in [4.69, 9.17) is 0 Å². The fourth-order valence-electron chi connectivity index (χ4n) is 1.80. The van der Waals surface area contributed by atoms with Gasteiger partial charge in [0.2, 0.25) is 0 Å². The Balaban J connectivity index is -0.000000160. The molecular formula is C12H24Li2O. The molecular weight excluding hydrogens is 174 g/mol. The molecule has 0 aromatic carbocycles. The van der Waals surface area contributed by atoms with Gasteiger partial charge >= 0.3 is 37.7 Å². The van der Waals surface area contributed by atoms with E-state index >= 15 is 0 Å². The summed E-state index contributed by atoms with van der Waals surface area (Å²) in [5.74, 6) is 0. The van der Waals surface area contributed by atoms with Crippen LogP contribution in [0.15, 0.2) is 0 Å². The maximum absolute atomic E-state index is 2.39. The van der Waals surface area contributed by atoms with Crippen molar-refractivity contribution in [3.05, 3.63) is 12.8 Å². The van der Waals surface area contributed by atoms with Crippen LogP contribution in [0, 0.1) is 12.8 Å². The van der Waals surface area contributed by atoms with Crippen LogP contribution in [0.5, 0.6) is 0 Å². The number of rotatable bonds is 0. The van der Waals surface area contributed by atoms with Crippen LogP contribution in [0.3, 0.4) is 0 Å². The zero-order chi connectivity index (χ0) is 8.49. The van der Waals surface area contributed by atoms with Crippen molar-refractivity contribution in [3.63, 3.8) is 0 Å². The van der Waals surface area contributed by atoms with Gasteiger partial charge in [-0.05, 0) is 0 Å². The Morgan fingerprint density at radius 2 is 0.733 bits per heavy atom. The van der Waals surface area contributed by atoms with Crippen LogP contribution >= 0.6 is 0 Å². The van der Waals surface area contributed by atoms with Crippen LogP contribution in [0.25, 0.3) is 0 Å². The minimum absolute atomic E-state index is 0. The Kier molecular flexibility index (Phi) is 25.1. The second-order valence-corrected chi connectivity index (χ2v) is 3.85. The van der Waals surface area contributed by atoms with Gasteiger partial charge in [0.25, 0.3) is 0 Å². The van der Waals surface area contributed by atoms with Gasteiger partial charge in [-0.25, -0.2) is 0 Å². The van der Waals surface area contributed by atoms with Gasteiger partial charge < -0.3 is 18.3 Å². The summed E-state index contributed by atoms with van der Waals surface area (Å²) in [5, 5.41) is 0. The van der Waals surface area contributed by atoms with Crippen molar-refractivity contribution in [1.82, 2.24) is 0 Å². The quantitative estimate of drug-likeness (QED) is 0.304. The first-order chi connectivity index (χ1) is 6.00. The summed E-state index contributed by atoms with van der Waals surface area (Å²) in [5.41, 5.74) is 0. The maximum Gasteiger partial charge on any atom is 1.00 e. The first-order valence-electron chi connectivity index (χ1n) is 5.63. The van der Waals surface area contributed by atoms with Gasteiger partial charge in [0.05, 0.1) is 0 Å². The summed E-state index contributed by atoms with van der Waals surface area (Å²) >= 11 is 0. The molecule has 2 aliphatic carbocycles. The van der Waals surface area contributed by atoms with Gasteiger partial charge in [-0.1, -0.05) is 38.5 Å². The van der Waals surface area contributed by atoms with Crippen molar-refractivity contribution >= 4 is 0 Å². The molecule has 80 valence electrons. The van der Waals surface area contributed by atoms with E-state index in [0.29, 0.717) is 0 Å². The smallest absolute Gasteiger partial charge is 0.412 e. The molecule has 0 aliphatic heterocycles. The third-order valence-electron chi connectivity index (χ3n) is 2.63. The molecule has 0 unspecified atom stereocenters. The summed E-state index contributed by atoms with van der Waals surface area (Å²) in [4.78, 5) is 0. The Hall–Kier alpha value is 1.15. The van der Waals surface area contributed by atoms with Gasteiger partial charge in [-0.3, -0.25) is 0 Å². The predicted molar refractivity (Wildman–Crippen MR) is 58.4 cm³/mol. The molecule has 0 bridgehead atoms. The van der Waals surface area contributed by atoms with E-state index in [9.17, 15) is 0 Å². The van der Waals surface area contributed by atoms with E-state index in [1.807, 2.05) is 0 Å². The normalized spacial score (nSPS) is 19.2. The molecule has 2 fully saturated rings. The van der Waals surface area contributed by atoms with E-state index in [1.54, 1.807) is 0 Å². The monoisotopic (exact) mass is 198 g/mol. The molecule has 2 saturated carbocycles. The molecule has 3 heteroatoms. The predicted octanol–water partition coefficient (Wildman–Crippen LogP) is -2.51. The third-order valence-corrected chi connectivity index (χ3v) is 2.63. The fraction of sp³-hybridized carbons (Fsp3) is 0.833. The van der Waals surface area contributed by atoms with E-state index in [-0.39, 0.29) is 43.2 Å². The van der Waals surface area contributed by atoms with Gasteiger partial charge in [-0.15, -0.1) is 0 Å². The summed E-state index contributed by atoms with van der Waals surface area (Å²) in [6.45, 7) is 0. The number of hydrogen-bond acceptors (Lipinski definition) is 0. The minimum atomic E-state index is 0.